The van der Waals surface area contributed by atoms with Gasteiger partial charge in [0.05, 0.1) is 11.5 Å². The number of hydrazone groups is 1. The van der Waals surface area contributed by atoms with E-state index in [0.29, 0.717) is 0 Å². The molecule has 0 saturated heterocycles. The molecule has 28 heavy (non-hydrogen) atoms. The van der Waals surface area contributed by atoms with E-state index in [1.165, 1.54) is 6.07 Å². The third-order valence-electron chi connectivity index (χ3n) is 3.45. The highest BCUT2D eigenvalue weighted by Gasteiger charge is 2.13. The quantitative estimate of drug-likeness (QED) is 0.318. The molecule has 2 heterocycles. The number of para-hydroxylation sites is 1. The van der Waals surface area contributed by atoms with Crippen LogP contribution < -0.4 is 10.7 Å². The Morgan fingerprint density at radius 2 is 1.93 bits per heavy atom. The van der Waals surface area contributed by atoms with Gasteiger partial charge in [0.25, 0.3) is 0 Å². The Morgan fingerprint density at radius 1 is 1.21 bits per heavy atom. The van der Waals surface area contributed by atoms with Gasteiger partial charge in [0, 0.05) is 18.0 Å². The summed E-state index contributed by atoms with van der Waals surface area (Å²) in [6, 6.07) is 6.98. The summed E-state index contributed by atoms with van der Waals surface area (Å²) >= 11 is 1.00. The lowest BCUT2D eigenvalue weighted by atomic mass is 10.2. The highest BCUT2D eigenvalue weighted by molar-refractivity contribution is 7.99. The molecule has 3 aromatic rings. The Bertz CT molecular complexity index is 974. The van der Waals surface area contributed by atoms with Crippen LogP contribution >= 0.6 is 11.8 Å². The summed E-state index contributed by atoms with van der Waals surface area (Å²) < 4.78 is 27.1. The Morgan fingerprint density at radius 3 is 2.64 bits per heavy atom. The molecule has 0 saturated carbocycles. The van der Waals surface area contributed by atoms with Crippen molar-refractivity contribution in [1.82, 2.24) is 20.2 Å². The lowest BCUT2D eigenvalue weighted by molar-refractivity contribution is -0.113. The number of anilines is 2. The van der Waals surface area contributed by atoms with E-state index < -0.39 is 23.2 Å². The summed E-state index contributed by atoms with van der Waals surface area (Å²) in [7, 11) is 0. The normalized spacial score (nSPS) is 11.3. The molecule has 144 valence electrons. The van der Waals surface area contributed by atoms with Crippen LogP contribution in [0.3, 0.4) is 0 Å². The number of carbonyl (C=O) groups is 1. The number of nitrogens with zero attached hydrogens (tertiary/aromatic N) is 4. The number of benzene rings is 1. The first-order valence-electron chi connectivity index (χ1n) is 8.02. The Kier molecular flexibility index (Phi) is 6.27. The predicted octanol–water partition coefficient (Wildman–Crippen LogP) is 3.04. The lowest BCUT2D eigenvalue weighted by Crippen LogP contribution is -2.16. The smallest absolute Gasteiger partial charge is 0.240 e. The number of H-pyrrole nitrogens is 1. The molecular weight excluding hydrogens is 388 g/mol. The summed E-state index contributed by atoms with van der Waals surface area (Å²) in [6.07, 6.45) is 3.32. The minimum Gasteiger partial charge on any atom is -0.320 e. The largest absolute Gasteiger partial charge is 0.320 e. The first-order valence-corrected chi connectivity index (χ1v) is 9.01. The van der Waals surface area contributed by atoms with E-state index in [1.807, 2.05) is 19.1 Å². The van der Waals surface area contributed by atoms with Crippen molar-refractivity contribution >= 4 is 35.0 Å². The second-order valence-corrected chi connectivity index (χ2v) is 6.39. The molecule has 0 spiro atoms. The number of carbonyl (C=O) groups excluding carboxylic acids is 1. The second kappa shape index (κ2) is 9.04. The molecule has 8 nitrogen and oxygen atoms in total. The van der Waals surface area contributed by atoms with Crippen molar-refractivity contribution < 1.29 is 13.6 Å². The molecule has 2 aromatic heterocycles. The molecule has 3 N–H and O–H groups in total. The van der Waals surface area contributed by atoms with E-state index in [0.717, 1.165) is 35.2 Å². The monoisotopic (exact) mass is 403 g/mol. The lowest BCUT2D eigenvalue weighted by Gasteiger charge is -2.06. The number of hydrogen-bond acceptors (Lipinski definition) is 7. The Balaban J connectivity index is 1.53. The minimum atomic E-state index is -0.842. The van der Waals surface area contributed by atoms with Gasteiger partial charge in [-0.2, -0.15) is 10.1 Å². The number of nitrogens with one attached hydrogen (secondary N) is 3. The first-order chi connectivity index (χ1) is 13.5. The Labute approximate surface area is 162 Å². The molecule has 3 rings (SSSR count). The van der Waals surface area contributed by atoms with Crippen LogP contribution in [0, 0.1) is 11.6 Å². The summed E-state index contributed by atoms with van der Waals surface area (Å²) in [5, 5.41) is 13.2. The molecule has 11 heteroatoms. The van der Waals surface area contributed by atoms with Crippen LogP contribution in [0.5, 0.6) is 0 Å². The molecule has 0 radical (unpaired) electrons. The maximum absolute atomic E-state index is 13.5. The fourth-order valence-electron chi connectivity index (χ4n) is 2.08. The van der Waals surface area contributed by atoms with Gasteiger partial charge in [-0.25, -0.2) is 19.3 Å². The number of aromatic nitrogens is 4. The van der Waals surface area contributed by atoms with Crippen LogP contribution in [-0.2, 0) is 4.79 Å². The molecular formula is C17H15F2N7OS. The van der Waals surface area contributed by atoms with Crippen LogP contribution in [0.2, 0.25) is 0 Å². The number of halogens is 2. The van der Waals surface area contributed by atoms with E-state index in [1.54, 1.807) is 12.4 Å². The fourth-order valence-corrected chi connectivity index (χ4v) is 2.68. The van der Waals surface area contributed by atoms with E-state index in [-0.39, 0.29) is 16.9 Å². The van der Waals surface area contributed by atoms with Crippen molar-refractivity contribution in [3.63, 3.8) is 0 Å². The molecule has 1 amide bonds. The third kappa shape index (κ3) is 5.10. The number of pyridine rings is 1. The summed E-state index contributed by atoms with van der Waals surface area (Å²) in [6.45, 7) is 1.82. The van der Waals surface area contributed by atoms with Gasteiger partial charge in [0.15, 0.2) is 0 Å². The van der Waals surface area contributed by atoms with Gasteiger partial charge < -0.3 is 5.32 Å². The topological polar surface area (TPSA) is 108 Å². The van der Waals surface area contributed by atoms with E-state index >= 15 is 0 Å². The second-order valence-electron chi connectivity index (χ2n) is 5.45. The number of amides is 1. The summed E-state index contributed by atoms with van der Waals surface area (Å²) in [5.74, 6) is -2.10. The van der Waals surface area contributed by atoms with Crippen LogP contribution in [0.1, 0.15) is 12.5 Å². The standard InChI is InChI=1S/C17H15F2N7OS/c1-10(11-5-7-20-8-6-11)23-24-16-22-17(26-25-16)28-9-14(27)21-15-12(18)3-2-4-13(15)19/h2-8H,9H2,1H3,(H,21,27)(H2,22,24,25,26)/b23-10+. The highest BCUT2D eigenvalue weighted by Crippen LogP contribution is 2.19. The average Bonchev–Trinajstić information content (AvgIpc) is 3.16. The molecule has 0 aliphatic rings. The van der Waals surface area contributed by atoms with Crippen LogP contribution in [-0.4, -0.2) is 37.5 Å². The highest BCUT2D eigenvalue weighted by atomic mass is 32.2. The van der Waals surface area contributed by atoms with E-state index in [9.17, 15) is 13.6 Å². The van der Waals surface area contributed by atoms with Crippen molar-refractivity contribution in [3.05, 3.63) is 59.9 Å². The molecule has 0 atom stereocenters. The zero-order chi connectivity index (χ0) is 19.9. The third-order valence-corrected chi connectivity index (χ3v) is 4.30. The summed E-state index contributed by atoms with van der Waals surface area (Å²) in [5.41, 5.74) is 3.87. The van der Waals surface area contributed by atoms with Gasteiger partial charge >= 0.3 is 0 Å². The van der Waals surface area contributed by atoms with Crippen molar-refractivity contribution in [1.29, 1.82) is 0 Å². The molecule has 1 aromatic carbocycles. The van der Waals surface area contributed by atoms with Gasteiger partial charge in [-0.1, -0.05) is 17.8 Å². The molecule has 0 unspecified atom stereocenters. The zero-order valence-corrected chi connectivity index (χ0v) is 15.4. The SMILES string of the molecule is C/C(=N\Nc1nc(SCC(=O)Nc2c(F)cccc2F)n[nH]1)c1ccncc1. The number of hydrogen-bond donors (Lipinski definition) is 3. The van der Waals surface area contributed by atoms with Crippen molar-refractivity contribution in [2.75, 3.05) is 16.5 Å². The van der Waals surface area contributed by atoms with E-state index in [2.05, 4.69) is 36.0 Å². The van der Waals surface area contributed by atoms with E-state index in [4.69, 9.17) is 0 Å². The van der Waals surface area contributed by atoms with Gasteiger partial charge in [0.2, 0.25) is 17.0 Å². The maximum atomic E-state index is 13.5. The number of thioether (sulfide) groups is 1. The van der Waals surface area contributed by atoms with Crippen molar-refractivity contribution in [3.8, 4) is 0 Å². The number of rotatable bonds is 7. The van der Waals surface area contributed by atoms with Gasteiger partial charge in [-0.3, -0.25) is 9.78 Å². The van der Waals surface area contributed by atoms with Crippen LogP contribution in [0.15, 0.2) is 53.0 Å². The van der Waals surface area contributed by atoms with Crippen molar-refractivity contribution in [2.24, 2.45) is 5.10 Å². The molecule has 0 fully saturated rings. The maximum Gasteiger partial charge on any atom is 0.240 e. The number of aromatic amines is 1. The molecule has 0 aliphatic heterocycles. The van der Waals surface area contributed by atoms with Crippen LogP contribution in [0.25, 0.3) is 0 Å². The minimum absolute atomic E-state index is 0.121. The fraction of sp³-hybridized carbons (Fsp3) is 0.118. The average molecular weight is 403 g/mol. The molecule has 0 bridgehead atoms. The first kappa shape index (κ1) is 19.4. The summed E-state index contributed by atoms with van der Waals surface area (Å²) in [4.78, 5) is 20.0. The van der Waals surface area contributed by atoms with Crippen molar-refractivity contribution in [2.45, 2.75) is 12.1 Å². The predicted molar refractivity (Wildman–Crippen MR) is 102 cm³/mol. The van der Waals surface area contributed by atoms with Gasteiger partial charge in [-0.15, -0.1) is 5.10 Å². The van der Waals surface area contributed by atoms with Gasteiger partial charge in [0.1, 0.15) is 17.3 Å². The zero-order valence-electron chi connectivity index (χ0n) is 14.6. The molecule has 0 aliphatic carbocycles. The van der Waals surface area contributed by atoms with Gasteiger partial charge in [-0.05, 0) is 31.2 Å². The Hall–Kier alpha value is -3.34. The van der Waals surface area contributed by atoms with Crippen LogP contribution in [0.4, 0.5) is 20.4 Å².